The SMILES string of the molecule is C=C=C=C=C=C=C=C.C=C=C=C=C=C=C=C.CS(=O)(=O)c1sc2nc(-c3cccs3)cc(-c3ccccc3)c2c1N. The zero-order valence-electron chi connectivity index (χ0n) is 22.1. The lowest BCUT2D eigenvalue weighted by Crippen LogP contribution is -1.98. The van der Waals surface area contributed by atoms with Crippen molar-refractivity contribution in [3.05, 3.63) is 149 Å². The van der Waals surface area contributed by atoms with Crippen molar-refractivity contribution < 1.29 is 8.42 Å². The molecule has 0 aliphatic rings. The van der Waals surface area contributed by atoms with E-state index in [4.69, 9.17) is 5.73 Å². The first-order valence-electron chi connectivity index (χ1n) is 11.4. The fraction of sp³-hybridized carbons (Fsp3) is 0.0294. The van der Waals surface area contributed by atoms with Crippen LogP contribution >= 0.6 is 22.7 Å². The van der Waals surface area contributed by atoms with Gasteiger partial charge < -0.3 is 5.73 Å². The summed E-state index contributed by atoms with van der Waals surface area (Å²) in [5.74, 6) is 0. The Morgan fingerprint density at radius 1 is 0.780 bits per heavy atom. The fourth-order valence-corrected chi connectivity index (χ4v) is 5.96. The van der Waals surface area contributed by atoms with Gasteiger partial charge in [0.05, 0.1) is 16.3 Å². The zero-order valence-corrected chi connectivity index (χ0v) is 24.5. The molecule has 0 unspecified atom stereocenters. The number of aromatic nitrogens is 1. The Balaban J connectivity index is 0.000000304. The van der Waals surface area contributed by atoms with E-state index in [1.807, 2.05) is 53.9 Å². The summed E-state index contributed by atoms with van der Waals surface area (Å²) >= 11 is 2.73. The van der Waals surface area contributed by atoms with Crippen LogP contribution in [0.2, 0.25) is 0 Å². The monoisotopic (exact) mass is 586 g/mol. The van der Waals surface area contributed by atoms with Crippen LogP contribution in [0.4, 0.5) is 5.69 Å². The van der Waals surface area contributed by atoms with Crippen molar-refractivity contribution in [3.8, 4) is 21.7 Å². The number of rotatable bonds is 3. The van der Waals surface area contributed by atoms with E-state index in [0.717, 1.165) is 33.0 Å². The van der Waals surface area contributed by atoms with Gasteiger partial charge in [0.25, 0.3) is 0 Å². The van der Waals surface area contributed by atoms with Crippen LogP contribution in [0.1, 0.15) is 0 Å². The average Bonchev–Trinajstić information content (AvgIpc) is 3.63. The van der Waals surface area contributed by atoms with E-state index in [-0.39, 0.29) is 9.90 Å². The molecule has 3 aromatic heterocycles. The third-order valence-electron chi connectivity index (χ3n) is 4.59. The van der Waals surface area contributed by atoms with Gasteiger partial charge in [-0.25, -0.2) is 13.4 Å². The quantitative estimate of drug-likeness (QED) is 0.246. The number of nitrogen functional groups attached to an aromatic ring is 1. The smallest absolute Gasteiger partial charge is 0.187 e. The maximum absolute atomic E-state index is 12.1. The predicted octanol–water partition coefficient (Wildman–Crippen LogP) is 8.14. The molecule has 0 aliphatic heterocycles. The topological polar surface area (TPSA) is 73.0 Å². The van der Waals surface area contributed by atoms with Crippen LogP contribution < -0.4 is 5.73 Å². The molecule has 4 aromatic rings. The molecule has 3 heterocycles. The van der Waals surface area contributed by atoms with Crippen molar-refractivity contribution in [3.63, 3.8) is 0 Å². The number of nitrogens with two attached hydrogens (primary N) is 1. The molecule has 0 aliphatic carbocycles. The van der Waals surface area contributed by atoms with Crippen LogP contribution in [0.25, 0.3) is 31.9 Å². The molecular formula is C34H22N2O2S3. The molecule has 4 rings (SSSR count). The van der Waals surface area contributed by atoms with E-state index in [9.17, 15) is 8.42 Å². The van der Waals surface area contributed by atoms with Crippen molar-refractivity contribution in [1.29, 1.82) is 0 Å². The maximum atomic E-state index is 12.1. The van der Waals surface area contributed by atoms with Crippen molar-refractivity contribution in [2.75, 3.05) is 12.0 Å². The van der Waals surface area contributed by atoms with Gasteiger partial charge in [-0.2, -0.15) is 0 Å². The van der Waals surface area contributed by atoms with Gasteiger partial charge in [-0.15, -0.1) is 22.7 Å². The van der Waals surface area contributed by atoms with Gasteiger partial charge in [-0.3, -0.25) is 0 Å². The van der Waals surface area contributed by atoms with Crippen LogP contribution in [-0.4, -0.2) is 19.7 Å². The number of fused-ring (bicyclic) bond motifs is 1. The fourth-order valence-electron chi connectivity index (χ4n) is 3.07. The number of anilines is 1. The van der Waals surface area contributed by atoms with Crippen LogP contribution in [0, 0.1) is 0 Å². The lowest BCUT2D eigenvalue weighted by atomic mass is 10.0. The van der Waals surface area contributed by atoms with Gasteiger partial charge in [0, 0.05) is 11.6 Å². The number of pyridine rings is 1. The molecule has 1 aromatic carbocycles. The molecular weight excluding hydrogens is 565 g/mol. The summed E-state index contributed by atoms with van der Waals surface area (Å²) in [6.45, 7) is 13.0. The lowest BCUT2D eigenvalue weighted by Gasteiger charge is -2.07. The van der Waals surface area contributed by atoms with E-state index in [1.54, 1.807) is 11.3 Å². The zero-order chi connectivity index (χ0) is 30.1. The van der Waals surface area contributed by atoms with Crippen molar-refractivity contribution in [1.82, 2.24) is 4.98 Å². The normalized spacial score (nSPS) is 8.61. The highest BCUT2D eigenvalue weighted by Crippen LogP contribution is 2.43. The third kappa shape index (κ3) is 9.70. The highest BCUT2D eigenvalue weighted by molar-refractivity contribution is 7.93. The van der Waals surface area contributed by atoms with Crippen LogP contribution in [0.3, 0.4) is 0 Å². The molecule has 0 radical (unpaired) electrons. The Labute approximate surface area is 247 Å². The van der Waals surface area contributed by atoms with Crippen molar-refractivity contribution in [2.24, 2.45) is 0 Å². The minimum absolute atomic E-state index is 0.176. The summed E-state index contributed by atoms with van der Waals surface area (Å²) in [4.78, 5) is 6.36. The minimum Gasteiger partial charge on any atom is -0.396 e. The molecule has 0 atom stereocenters. The van der Waals surface area contributed by atoms with E-state index in [0.29, 0.717) is 10.2 Å². The Bertz CT molecular complexity index is 1990. The average molecular weight is 587 g/mol. The molecule has 0 bridgehead atoms. The number of benzene rings is 1. The Kier molecular flexibility index (Phi) is 12.9. The Morgan fingerprint density at radius 3 is 1.76 bits per heavy atom. The van der Waals surface area contributed by atoms with Crippen molar-refractivity contribution in [2.45, 2.75) is 4.21 Å². The molecule has 0 fully saturated rings. The van der Waals surface area contributed by atoms with Gasteiger partial charge in [0.15, 0.2) is 9.84 Å². The number of hydrogen-bond acceptors (Lipinski definition) is 6. The van der Waals surface area contributed by atoms with E-state index in [2.05, 4.69) is 100 Å². The molecule has 0 amide bonds. The largest absolute Gasteiger partial charge is 0.396 e. The van der Waals surface area contributed by atoms with Gasteiger partial charge >= 0.3 is 0 Å². The molecule has 2 N–H and O–H groups in total. The van der Waals surface area contributed by atoms with E-state index in [1.165, 1.54) is 6.26 Å². The van der Waals surface area contributed by atoms with Gasteiger partial charge in [0.1, 0.15) is 9.04 Å². The highest BCUT2D eigenvalue weighted by Gasteiger charge is 2.22. The molecule has 41 heavy (non-hydrogen) atoms. The summed E-state index contributed by atoms with van der Waals surface area (Å²) in [5.41, 5.74) is 38.2. The maximum Gasteiger partial charge on any atom is 0.187 e. The Hall–Kier alpha value is -5.38. The number of hydrogen-bond donors (Lipinski definition) is 1. The van der Waals surface area contributed by atoms with Crippen LogP contribution in [0.15, 0.2) is 153 Å². The highest BCUT2D eigenvalue weighted by atomic mass is 32.2. The molecule has 0 saturated heterocycles. The van der Waals surface area contributed by atoms with Gasteiger partial charge in [-0.1, -0.05) is 59.3 Å². The van der Waals surface area contributed by atoms with E-state index >= 15 is 0 Å². The summed E-state index contributed by atoms with van der Waals surface area (Å²) in [7, 11) is -3.40. The molecule has 7 heteroatoms. The minimum atomic E-state index is -3.40. The van der Waals surface area contributed by atoms with Gasteiger partial charge in [-0.05, 0) is 101 Å². The molecule has 0 spiro atoms. The second-order valence-electron chi connectivity index (χ2n) is 7.36. The number of thiophene rings is 2. The second kappa shape index (κ2) is 16.6. The lowest BCUT2D eigenvalue weighted by molar-refractivity contribution is 0.604. The third-order valence-corrected chi connectivity index (χ3v) is 8.43. The van der Waals surface area contributed by atoms with Crippen LogP contribution in [-0.2, 0) is 9.84 Å². The van der Waals surface area contributed by atoms with Crippen LogP contribution in [0.5, 0.6) is 0 Å². The van der Waals surface area contributed by atoms with Gasteiger partial charge in [0.2, 0.25) is 0 Å². The predicted molar refractivity (Wildman–Crippen MR) is 171 cm³/mol. The molecule has 4 nitrogen and oxygen atoms in total. The Morgan fingerprint density at radius 2 is 1.32 bits per heavy atom. The first-order chi connectivity index (χ1) is 19.8. The number of sulfone groups is 1. The summed E-state index contributed by atoms with van der Waals surface area (Å²) in [6, 6.07) is 15.8. The first-order valence-corrected chi connectivity index (χ1v) is 15.0. The second-order valence-corrected chi connectivity index (χ2v) is 11.5. The summed E-state index contributed by atoms with van der Waals surface area (Å²) < 4.78 is 24.4. The molecule has 198 valence electrons. The summed E-state index contributed by atoms with van der Waals surface area (Å²) in [5, 5.41) is 2.70. The van der Waals surface area contributed by atoms with Crippen molar-refractivity contribution >= 4 is 48.4 Å². The first kappa shape index (κ1) is 31.8. The summed E-state index contributed by atoms with van der Waals surface area (Å²) in [6.07, 6.45) is 1.18. The number of nitrogens with zero attached hydrogens (tertiary/aromatic N) is 1. The van der Waals surface area contributed by atoms with E-state index < -0.39 is 9.84 Å². The standard InChI is InChI=1S/C18H14N2O2S3.2C8H4/c1-25(21,22)18-16(19)15-12(11-6-3-2-4-7-11)10-13(20-17(15)24-18)14-8-5-9-23-14;2*1-3-5-7-8-6-4-2/h2-10H,19H2,1H3;2*1-2H2. The molecule has 0 saturated carbocycles.